The number of benzene rings is 1. The lowest BCUT2D eigenvalue weighted by molar-refractivity contribution is -0.112. The van der Waals surface area contributed by atoms with E-state index < -0.39 is 5.91 Å². The average Bonchev–Trinajstić information content (AvgIpc) is 3.05. The van der Waals surface area contributed by atoms with E-state index in [1.54, 1.807) is 44.4 Å². The van der Waals surface area contributed by atoms with Crippen molar-refractivity contribution in [1.29, 1.82) is 5.26 Å². The molecular formula is C25H30N4O2. The normalized spacial score (nSPS) is 14.7. The molecule has 1 aromatic heterocycles. The molecule has 0 atom stereocenters. The zero-order valence-corrected chi connectivity index (χ0v) is 18.7. The molecule has 1 aliphatic rings. The van der Waals surface area contributed by atoms with Gasteiger partial charge in [0, 0.05) is 42.8 Å². The number of nitrogens with zero attached hydrogens (tertiary/aromatic N) is 3. The van der Waals surface area contributed by atoms with Gasteiger partial charge >= 0.3 is 0 Å². The highest BCUT2D eigenvalue weighted by Gasteiger charge is 2.20. The molecule has 31 heavy (non-hydrogen) atoms. The lowest BCUT2D eigenvalue weighted by atomic mass is 9.95. The van der Waals surface area contributed by atoms with Crippen LogP contribution in [0.15, 0.2) is 35.9 Å². The van der Waals surface area contributed by atoms with Crippen LogP contribution < -0.4 is 5.32 Å². The molecule has 0 bridgehead atoms. The van der Waals surface area contributed by atoms with Crippen molar-refractivity contribution in [3.63, 3.8) is 0 Å². The van der Waals surface area contributed by atoms with Gasteiger partial charge < -0.3 is 14.8 Å². The molecule has 1 aliphatic carbocycles. The summed E-state index contributed by atoms with van der Waals surface area (Å²) in [6.45, 7) is 4.14. The van der Waals surface area contributed by atoms with Crippen LogP contribution in [0.3, 0.4) is 0 Å². The van der Waals surface area contributed by atoms with Gasteiger partial charge in [-0.3, -0.25) is 9.59 Å². The van der Waals surface area contributed by atoms with Gasteiger partial charge in [0.2, 0.25) is 0 Å². The summed E-state index contributed by atoms with van der Waals surface area (Å²) in [7, 11) is 3.38. The number of carbonyl (C=O) groups excluding carboxylic acids is 2. The van der Waals surface area contributed by atoms with Crippen molar-refractivity contribution < 1.29 is 9.59 Å². The highest BCUT2D eigenvalue weighted by molar-refractivity contribution is 6.10. The van der Waals surface area contributed by atoms with Gasteiger partial charge in [-0.05, 0) is 68.7 Å². The van der Waals surface area contributed by atoms with Crippen LogP contribution in [0.25, 0.3) is 6.08 Å². The van der Waals surface area contributed by atoms with E-state index in [9.17, 15) is 14.9 Å². The summed E-state index contributed by atoms with van der Waals surface area (Å²) in [6, 6.07) is 11.2. The number of aryl methyl sites for hydroxylation is 1. The van der Waals surface area contributed by atoms with Gasteiger partial charge in [0.1, 0.15) is 11.6 Å². The second-order valence-electron chi connectivity index (χ2n) is 8.39. The van der Waals surface area contributed by atoms with Crippen LogP contribution in [-0.4, -0.2) is 35.4 Å². The predicted molar refractivity (Wildman–Crippen MR) is 123 cm³/mol. The topological polar surface area (TPSA) is 78.1 Å². The van der Waals surface area contributed by atoms with Crippen LogP contribution in [-0.2, 0) is 4.79 Å². The molecule has 2 amide bonds. The third-order valence-electron chi connectivity index (χ3n) is 5.92. The Morgan fingerprint density at radius 3 is 2.35 bits per heavy atom. The first kappa shape index (κ1) is 22.4. The fourth-order valence-electron chi connectivity index (χ4n) is 4.31. The van der Waals surface area contributed by atoms with Gasteiger partial charge in [-0.25, -0.2) is 0 Å². The number of nitriles is 1. The molecule has 0 spiro atoms. The van der Waals surface area contributed by atoms with E-state index in [0.717, 1.165) is 17.0 Å². The van der Waals surface area contributed by atoms with Crippen molar-refractivity contribution in [3.8, 4) is 6.07 Å². The van der Waals surface area contributed by atoms with E-state index in [2.05, 4.69) is 29.8 Å². The standard InChI is InChI=1S/C25H30N4O2/c1-17-14-20(18(2)29(17)23-8-6-5-7-9-23)15-21(16-26)24(30)27-22-12-10-19(11-13-22)25(31)28(3)4/h10-15,23H,5-9H2,1-4H3,(H,27,30)/b21-15+. The Morgan fingerprint density at radius 2 is 1.77 bits per heavy atom. The van der Waals surface area contributed by atoms with E-state index >= 15 is 0 Å². The fourth-order valence-corrected chi connectivity index (χ4v) is 4.31. The van der Waals surface area contributed by atoms with Crippen molar-refractivity contribution in [3.05, 3.63) is 58.4 Å². The largest absolute Gasteiger partial charge is 0.346 e. The third kappa shape index (κ3) is 5.05. The lowest BCUT2D eigenvalue weighted by Gasteiger charge is -2.26. The molecule has 1 fully saturated rings. The Hall–Kier alpha value is -3.33. The Kier molecular flexibility index (Phi) is 6.96. The summed E-state index contributed by atoms with van der Waals surface area (Å²) in [4.78, 5) is 26.2. The molecular weight excluding hydrogens is 388 g/mol. The first-order valence-electron chi connectivity index (χ1n) is 10.7. The smallest absolute Gasteiger partial charge is 0.266 e. The summed E-state index contributed by atoms with van der Waals surface area (Å²) < 4.78 is 2.36. The highest BCUT2D eigenvalue weighted by atomic mass is 16.2. The molecule has 1 saturated carbocycles. The molecule has 3 rings (SSSR count). The minimum atomic E-state index is -0.461. The number of amides is 2. The first-order chi connectivity index (χ1) is 14.8. The molecule has 0 radical (unpaired) electrons. The monoisotopic (exact) mass is 418 g/mol. The Balaban J connectivity index is 1.78. The molecule has 0 unspecified atom stereocenters. The number of carbonyl (C=O) groups is 2. The number of rotatable bonds is 5. The SMILES string of the molecule is Cc1cc(/C=C(\C#N)C(=O)Nc2ccc(C(=O)N(C)C)cc2)c(C)n1C1CCCCC1. The maximum absolute atomic E-state index is 12.7. The molecule has 6 nitrogen and oxygen atoms in total. The zero-order valence-electron chi connectivity index (χ0n) is 18.7. The van der Waals surface area contributed by atoms with E-state index in [4.69, 9.17) is 0 Å². The number of aromatic nitrogens is 1. The molecule has 1 N–H and O–H groups in total. The zero-order chi connectivity index (χ0) is 22.5. The number of nitrogens with one attached hydrogen (secondary N) is 1. The van der Waals surface area contributed by atoms with E-state index in [0.29, 0.717) is 17.3 Å². The number of anilines is 1. The average molecular weight is 419 g/mol. The predicted octanol–water partition coefficient (Wildman–Crippen LogP) is 4.86. The minimum Gasteiger partial charge on any atom is -0.346 e. The molecule has 0 aliphatic heterocycles. The summed E-state index contributed by atoms with van der Waals surface area (Å²) in [5, 5.41) is 12.3. The van der Waals surface area contributed by atoms with Gasteiger partial charge in [-0.2, -0.15) is 5.26 Å². The van der Waals surface area contributed by atoms with E-state index in [1.165, 1.54) is 37.0 Å². The van der Waals surface area contributed by atoms with Crippen LogP contribution >= 0.6 is 0 Å². The maximum atomic E-state index is 12.7. The summed E-state index contributed by atoms with van der Waals surface area (Å²) in [6.07, 6.45) is 7.82. The van der Waals surface area contributed by atoms with Crippen LogP contribution in [0.5, 0.6) is 0 Å². The third-order valence-corrected chi connectivity index (χ3v) is 5.92. The first-order valence-corrected chi connectivity index (χ1v) is 10.7. The highest BCUT2D eigenvalue weighted by Crippen LogP contribution is 2.32. The van der Waals surface area contributed by atoms with Crippen molar-refractivity contribution in [1.82, 2.24) is 9.47 Å². The fraction of sp³-hybridized carbons (Fsp3) is 0.400. The minimum absolute atomic E-state index is 0.0531. The second-order valence-corrected chi connectivity index (χ2v) is 8.39. The van der Waals surface area contributed by atoms with Crippen LogP contribution in [0, 0.1) is 25.2 Å². The van der Waals surface area contributed by atoms with E-state index in [-0.39, 0.29) is 11.5 Å². The molecule has 1 aromatic carbocycles. The van der Waals surface area contributed by atoms with Gasteiger partial charge in [-0.15, -0.1) is 0 Å². The quantitative estimate of drug-likeness (QED) is 0.556. The molecule has 6 heteroatoms. The number of hydrogen-bond acceptors (Lipinski definition) is 3. The number of hydrogen-bond donors (Lipinski definition) is 1. The van der Waals surface area contributed by atoms with Gasteiger partial charge in [0.15, 0.2) is 0 Å². The second kappa shape index (κ2) is 9.65. The van der Waals surface area contributed by atoms with Crippen LogP contribution in [0.4, 0.5) is 5.69 Å². The Morgan fingerprint density at radius 1 is 1.13 bits per heavy atom. The van der Waals surface area contributed by atoms with E-state index in [1.807, 2.05) is 6.07 Å². The summed E-state index contributed by atoms with van der Waals surface area (Å²) in [5.74, 6) is -0.569. The summed E-state index contributed by atoms with van der Waals surface area (Å²) in [5.41, 5.74) is 4.29. The lowest BCUT2D eigenvalue weighted by Crippen LogP contribution is -2.21. The van der Waals surface area contributed by atoms with Crippen molar-refractivity contribution >= 4 is 23.6 Å². The van der Waals surface area contributed by atoms with Crippen LogP contribution in [0.2, 0.25) is 0 Å². The Bertz CT molecular complexity index is 1030. The molecule has 2 aromatic rings. The van der Waals surface area contributed by atoms with Crippen LogP contribution in [0.1, 0.15) is 65.5 Å². The molecule has 162 valence electrons. The van der Waals surface area contributed by atoms with Crippen molar-refractivity contribution in [2.45, 2.75) is 52.0 Å². The van der Waals surface area contributed by atoms with Crippen molar-refractivity contribution in [2.75, 3.05) is 19.4 Å². The Labute approximate surface area is 184 Å². The molecule has 0 saturated heterocycles. The summed E-state index contributed by atoms with van der Waals surface area (Å²) >= 11 is 0. The molecule has 1 heterocycles. The van der Waals surface area contributed by atoms with Gasteiger partial charge in [0.05, 0.1) is 0 Å². The van der Waals surface area contributed by atoms with Gasteiger partial charge in [0.25, 0.3) is 11.8 Å². The van der Waals surface area contributed by atoms with Crippen molar-refractivity contribution in [2.24, 2.45) is 0 Å². The maximum Gasteiger partial charge on any atom is 0.266 e. The van der Waals surface area contributed by atoms with Gasteiger partial charge in [-0.1, -0.05) is 19.3 Å².